The Morgan fingerprint density at radius 1 is 1.26 bits per heavy atom. The molecule has 0 saturated heterocycles. The molecule has 0 bridgehead atoms. The van der Waals surface area contributed by atoms with Gasteiger partial charge in [-0.3, -0.25) is 0 Å². The van der Waals surface area contributed by atoms with Gasteiger partial charge in [0.2, 0.25) is 0 Å². The van der Waals surface area contributed by atoms with Crippen LogP contribution in [0.2, 0.25) is 0 Å². The minimum atomic E-state index is -0.807. The number of rotatable bonds is 3. The standard InChI is InChI=1S/C16H16O2S/c17-16(18)13(9-11-5-1-2-6-11)15-10-12-7-3-4-8-14(12)19-15/h3-4,7-11H,1-2,5-6H2,(H,17,18)/b13-9-. The molecule has 1 saturated carbocycles. The summed E-state index contributed by atoms with van der Waals surface area (Å²) in [5.41, 5.74) is 0.480. The molecule has 1 aliphatic rings. The van der Waals surface area contributed by atoms with Crippen LogP contribution < -0.4 is 0 Å². The van der Waals surface area contributed by atoms with Gasteiger partial charge < -0.3 is 5.11 Å². The molecule has 0 radical (unpaired) electrons. The smallest absolute Gasteiger partial charge is 0.336 e. The summed E-state index contributed by atoms with van der Waals surface area (Å²) >= 11 is 1.57. The van der Waals surface area contributed by atoms with E-state index in [4.69, 9.17) is 0 Å². The fourth-order valence-corrected chi connectivity index (χ4v) is 3.81. The molecule has 2 nitrogen and oxygen atoms in total. The highest BCUT2D eigenvalue weighted by atomic mass is 32.1. The summed E-state index contributed by atoms with van der Waals surface area (Å²) in [5.74, 6) is -0.366. The number of benzene rings is 1. The van der Waals surface area contributed by atoms with Gasteiger partial charge in [0.25, 0.3) is 0 Å². The van der Waals surface area contributed by atoms with Crippen LogP contribution >= 0.6 is 11.3 Å². The van der Waals surface area contributed by atoms with Gasteiger partial charge in [-0.1, -0.05) is 37.1 Å². The second-order valence-electron chi connectivity index (χ2n) is 5.08. The second-order valence-corrected chi connectivity index (χ2v) is 6.16. The van der Waals surface area contributed by atoms with Crippen LogP contribution in [0.5, 0.6) is 0 Å². The number of allylic oxidation sites excluding steroid dienone is 1. The average molecular weight is 272 g/mol. The van der Waals surface area contributed by atoms with Gasteiger partial charge in [-0.2, -0.15) is 0 Å². The van der Waals surface area contributed by atoms with E-state index in [1.165, 1.54) is 12.8 Å². The van der Waals surface area contributed by atoms with E-state index in [0.717, 1.165) is 27.8 Å². The van der Waals surface area contributed by atoms with Crippen molar-refractivity contribution in [2.75, 3.05) is 0 Å². The first-order valence-electron chi connectivity index (χ1n) is 6.68. The molecule has 0 spiro atoms. The lowest BCUT2D eigenvalue weighted by Gasteiger charge is -2.04. The molecule has 19 heavy (non-hydrogen) atoms. The topological polar surface area (TPSA) is 37.3 Å². The third-order valence-electron chi connectivity index (χ3n) is 3.72. The van der Waals surface area contributed by atoms with Crippen molar-refractivity contribution in [1.29, 1.82) is 0 Å². The van der Waals surface area contributed by atoms with Crippen molar-refractivity contribution >= 4 is 33.0 Å². The monoisotopic (exact) mass is 272 g/mol. The van der Waals surface area contributed by atoms with Crippen LogP contribution in [-0.2, 0) is 4.79 Å². The largest absolute Gasteiger partial charge is 0.478 e. The maximum atomic E-state index is 11.5. The van der Waals surface area contributed by atoms with Gasteiger partial charge in [0.1, 0.15) is 0 Å². The van der Waals surface area contributed by atoms with E-state index in [0.29, 0.717) is 11.5 Å². The van der Waals surface area contributed by atoms with E-state index in [1.807, 2.05) is 36.4 Å². The highest BCUT2D eigenvalue weighted by molar-refractivity contribution is 7.20. The third kappa shape index (κ3) is 2.56. The molecular formula is C16H16O2S. The summed E-state index contributed by atoms with van der Waals surface area (Å²) in [7, 11) is 0. The summed E-state index contributed by atoms with van der Waals surface area (Å²) in [6, 6.07) is 10.0. The zero-order valence-electron chi connectivity index (χ0n) is 10.6. The number of hydrogen-bond acceptors (Lipinski definition) is 2. The van der Waals surface area contributed by atoms with E-state index in [-0.39, 0.29) is 0 Å². The first kappa shape index (κ1) is 12.4. The van der Waals surface area contributed by atoms with Crippen molar-refractivity contribution in [2.24, 2.45) is 5.92 Å². The molecule has 1 aliphatic carbocycles. The zero-order chi connectivity index (χ0) is 13.2. The number of carboxylic acids is 1. The Morgan fingerprint density at radius 2 is 2.00 bits per heavy atom. The summed E-state index contributed by atoms with van der Waals surface area (Å²) < 4.78 is 1.15. The summed E-state index contributed by atoms with van der Waals surface area (Å²) in [6.07, 6.45) is 6.67. The SMILES string of the molecule is O=C(O)/C(=C\C1CCCC1)c1cc2ccccc2s1. The lowest BCUT2D eigenvalue weighted by molar-refractivity contribution is -0.130. The molecule has 0 atom stereocenters. The van der Waals surface area contributed by atoms with Crippen molar-refractivity contribution in [1.82, 2.24) is 0 Å². The minimum absolute atomic E-state index is 0.441. The molecule has 2 aromatic rings. The van der Waals surface area contributed by atoms with E-state index >= 15 is 0 Å². The molecule has 3 heteroatoms. The highest BCUT2D eigenvalue weighted by Gasteiger charge is 2.19. The van der Waals surface area contributed by atoms with Crippen molar-refractivity contribution in [2.45, 2.75) is 25.7 Å². The normalized spacial score (nSPS) is 17.2. The summed E-state index contributed by atoms with van der Waals surface area (Å²) in [4.78, 5) is 12.4. The first-order valence-corrected chi connectivity index (χ1v) is 7.50. The van der Waals surface area contributed by atoms with Crippen molar-refractivity contribution < 1.29 is 9.90 Å². The molecule has 1 aromatic heterocycles. The molecule has 0 aliphatic heterocycles. The predicted molar refractivity (Wildman–Crippen MR) is 79.4 cm³/mol. The van der Waals surface area contributed by atoms with Crippen molar-refractivity contribution in [3.8, 4) is 0 Å². The minimum Gasteiger partial charge on any atom is -0.478 e. The Bertz CT molecular complexity index is 600. The number of aliphatic carboxylic acids is 1. The van der Waals surface area contributed by atoms with Gasteiger partial charge >= 0.3 is 5.97 Å². The van der Waals surface area contributed by atoms with Gasteiger partial charge in [0.15, 0.2) is 0 Å². The van der Waals surface area contributed by atoms with Crippen LogP contribution in [-0.4, -0.2) is 11.1 Å². The predicted octanol–water partition coefficient (Wildman–Crippen LogP) is 4.56. The van der Waals surface area contributed by atoms with Crippen LogP contribution in [0.4, 0.5) is 0 Å². The lowest BCUT2D eigenvalue weighted by Crippen LogP contribution is -2.00. The molecule has 0 unspecified atom stereocenters. The van der Waals surface area contributed by atoms with Gasteiger partial charge in [-0.25, -0.2) is 4.79 Å². The molecule has 1 aromatic carbocycles. The van der Waals surface area contributed by atoms with Gasteiger partial charge in [0.05, 0.1) is 5.57 Å². The Morgan fingerprint density at radius 3 is 2.68 bits per heavy atom. The van der Waals surface area contributed by atoms with Crippen LogP contribution in [0.3, 0.4) is 0 Å². The van der Waals surface area contributed by atoms with Crippen LogP contribution in [0.1, 0.15) is 30.6 Å². The second kappa shape index (κ2) is 5.17. The molecular weight excluding hydrogens is 256 g/mol. The van der Waals surface area contributed by atoms with Gasteiger partial charge in [-0.05, 0) is 36.3 Å². The quantitative estimate of drug-likeness (QED) is 0.832. The zero-order valence-corrected chi connectivity index (χ0v) is 11.5. The molecule has 0 amide bonds. The maximum absolute atomic E-state index is 11.5. The third-order valence-corrected chi connectivity index (χ3v) is 4.87. The van der Waals surface area contributed by atoms with E-state index in [9.17, 15) is 9.90 Å². The van der Waals surface area contributed by atoms with Crippen molar-refractivity contribution in [3.05, 3.63) is 41.3 Å². The summed E-state index contributed by atoms with van der Waals surface area (Å²) in [5, 5.41) is 10.6. The number of hydrogen-bond donors (Lipinski definition) is 1. The molecule has 1 N–H and O–H groups in total. The fraction of sp³-hybridized carbons (Fsp3) is 0.312. The van der Waals surface area contributed by atoms with Crippen LogP contribution in [0, 0.1) is 5.92 Å². The molecule has 3 rings (SSSR count). The summed E-state index contributed by atoms with van der Waals surface area (Å²) in [6.45, 7) is 0. The number of thiophene rings is 1. The molecule has 1 fully saturated rings. The molecule has 98 valence electrons. The average Bonchev–Trinajstić information content (AvgIpc) is 3.04. The maximum Gasteiger partial charge on any atom is 0.336 e. The first-order chi connectivity index (χ1) is 9.24. The van der Waals surface area contributed by atoms with E-state index < -0.39 is 5.97 Å². The number of carbonyl (C=O) groups is 1. The lowest BCUT2D eigenvalue weighted by atomic mass is 10.0. The Hall–Kier alpha value is -1.61. The Balaban J connectivity index is 2.01. The van der Waals surface area contributed by atoms with E-state index in [2.05, 4.69) is 0 Å². The fourth-order valence-electron chi connectivity index (χ4n) is 2.73. The highest BCUT2D eigenvalue weighted by Crippen LogP contribution is 2.34. The van der Waals surface area contributed by atoms with Gasteiger partial charge in [-0.15, -0.1) is 11.3 Å². The number of fused-ring (bicyclic) bond motifs is 1. The van der Waals surface area contributed by atoms with Crippen LogP contribution in [0.15, 0.2) is 36.4 Å². The molecule has 1 heterocycles. The Kier molecular flexibility index (Phi) is 3.38. The Labute approximate surface area is 116 Å². The van der Waals surface area contributed by atoms with Crippen LogP contribution in [0.25, 0.3) is 15.7 Å². The van der Waals surface area contributed by atoms with Gasteiger partial charge in [0, 0.05) is 9.58 Å². The van der Waals surface area contributed by atoms with Crippen molar-refractivity contribution in [3.63, 3.8) is 0 Å². The number of carboxylic acid groups (broad SMARTS) is 1. The van der Waals surface area contributed by atoms with E-state index in [1.54, 1.807) is 11.3 Å².